The average Bonchev–Trinajstić information content (AvgIpc) is 3.62. The second kappa shape index (κ2) is 8.63. The highest BCUT2D eigenvalue weighted by Crippen LogP contribution is 2.38. The summed E-state index contributed by atoms with van der Waals surface area (Å²) in [6.07, 6.45) is 1.74. The first kappa shape index (κ1) is 20.7. The van der Waals surface area contributed by atoms with Crippen molar-refractivity contribution in [3.8, 4) is 5.75 Å². The average molecular weight is 420 g/mol. The van der Waals surface area contributed by atoms with Gasteiger partial charge in [0, 0.05) is 11.6 Å². The topological polar surface area (TPSA) is 84.9 Å². The molecule has 31 heavy (non-hydrogen) atoms. The third-order valence-electron chi connectivity index (χ3n) is 5.46. The second-order valence-corrected chi connectivity index (χ2v) is 7.62. The van der Waals surface area contributed by atoms with E-state index < -0.39 is 12.0 Å². The van der Waals surface area contributed by atoms with E-state index in [2.05, 4.69) is 5.32 Å². The highest BCUT2D eigenvalue weighted by molar-refractivity contribution is 5.95. The van der Waals surface area contributed by atoms with E-state index in [0.717, 1.165) is 18.4 Å². The molecule has 7 heteroatoms. The van der Waals surface area contributed by atoms with Gasteiger partial charge < -0.3 is 14.8 Å². The molecule has 1 unspecified atom stereocenters. The number of rotatable bonds is 7. The molecule has 0 aromatic heterocycles. The van der Waals surface area contributed by atoms with Crippen molar-refractivity contribution in [2.24, 2.45) is 0 Å². The summed E-state index contributed by atoms with van der Waals surface area (Å²) in [7, 11) is 1.33. The fourth-order valence-electron chi connectivity index (χ4n) is 3.73. The highest BCUT2D eigenvalue weighted by atomic mass is 16.5. The molecule has 1 atom stereocenters. The molecule has 2 aliphatic rings. The zero-order chi connectivity index (χ0) is 22.0. The first-order valence-electron chi connectivity index (χ1n) is 10.2. The van der Waals surface area contributed by atoms with E-state index in [-0.39, 0.29) is 24.5 Å². The molecule has 0 spiro atoms. The maximum atomic E-state index is 13.0. The molecule has 1 saturated carbocycles. The van der Waals surface area contributed by atoms with Crippen molar-refractivity contribution in [3.05, 3.63) is 77.0 Å². The van der Waals surface area contributed by atoms with Crippen molar-refractivity contribution >= 4 is 17.8 Å². The molecular weight excluding hydrogens is 396 g/mol. The largest absolute Gasteiger partial charge is 0.487 e. The van der Waals surface area contributed by atoms with Crippen LogP contribution in [0.3, 0.4) is 0 Å². The first-order valence-corrected chi connectivity index (χ1v) is 10.2. The lowest BCUT2D eigenvalue weighted by molar-refractivity contribution is -0.136. The van der Waals surface area contributed by atoms with Gasteiger partial charge in [0.1, 0.15) is 12.4 Å². The summed E-state index contributed by atoms with van der Waals surface area (Å²) in [5, 5.41) is 2.95. The summed E-state index contributed by atoms with van der Waals surface area (Å²) in [6.45, 7) is 1.53. The van der Waals surface area contributed by atoms with E-state index in [1.165, 1.54) is 14.0 Å². The number of ether oxygens (including phenoxy) is 2. The maximum Gasteiger partial charge on any atom is 0.338 e. The molecule has 2 aromatic rings. The number of urea groups is 1. The quantitative estimate of drug-likeness (QED) is 0.546. The normalized spacial score (nSPS) is 18.5. The second-order valence-electron chi connectivity index (χ2n) is 7.62. The van der Waals surface area contributed by atoms with Crippen LogP contribution in [0.15, 0.2) is 65.9 Å². The van der Waals surface area contributed by atoms with Gasteiger partial charge in [-0.2, -0.15) is 0 Å². The number of Topliss-reactive ketones (excluding diaryl/α,β-unsaturated/α-hetero) is 1. The Morgan fingerprint density at radius 2 is 1.74 bits per heavy atom. The van der Waals surface area contributed by atoms with E-state index >= 15 is 0 Å². The van der Waals surface area contributed by atoms with E-state index in [0.29, 0.717) is 22.6 Å². The third-order valence-corrected chi connectivity index (χ3v) is 5.46. The first-order chi connectivity index (χ1) is 15.0. The van der Waals surface area contributed by atoms with E-state index in [1.807, 2.05) is 30.3 Å². The molecule has 0 bridgehead atoms. The van der Waals surface area contributed by atoms with Crippen LogP contribution in [0.5, 0.6) is 5.75 Å². The van der Waals surface area contributed by atoms with Crippen LogP contribution in [-0.2, 0) is 9.53 Å². The van der Waals surface area contributed by atoms with Crippen LogP contribution in [0.2, 0.25) is 0 Å². The summed E-state index contributed by atoms with van der Waals surface area (Å²) >= 11 is 0. The van der Waals surface area contributed by atoms with Crippen molar-refractivity contribution in [2.75, 3.05) is 13.7 Å². The molecule has 2 amide bonds. The van der Waals surface area contributed by atoms with Gasteiger partial charge in [0.15, 0.2) is 5.78 Å². The number of carbonyl (C=O) groups is 3. The van der Waals surface area contributed by atoms with Gasteiger partial charge in [-0.3, -0.25) is 9.69 Å². The summed E-state index contributed by atoms with van der Waals surface area (Å²) in [5.41, 5.74) is 2.24. The predicted octanol–water partition coefficient (Wildman–Crippen LogP) is 3.62. The lowest BCUT2D eigenvalue weighted by Gasteiger charge is -2.36. The zero-order valence-electron chi connectivity index (χ0n) is 17.5. The van der Waals surface area contributed by atoms with Crippen LogP contribution >= 0.6 is 0 Å². The van der Waals surface area contributed by atoms with Gasteiger partial charge in [-0.25, -0.2) is 9.59 Å². The molecule has 2 aromatic carbocycles. The van der Waals surface area contributed by atoms with Crippen LogP contribution in [0, 0.1) is 0 Å². The van der Waals surface area contributed by atoms with Crippen LogP contribution in [-0.4, -0.2) is 42.4 Å². The molecule has 1 heterocycles. The van der Waals surface area contributed by atoms with Gasteiger partial charge in [0.25, 0.3) is 0 Å². The molecule has 0 saturated heterocycles. The molecule has 4 rings (SSSR count). The van der Waals surface area contributed by atoms with E-state index in [4.69, 9.17) is 9.47 Å². The highest BCUT2D eigenvalue weighted by Gasteiger charge is 2.44. The smallest absolute Gasteiger partial charge is 0.338 e. The maximum absolute atomic E-state index is 13.0. The minimum Gasteiger partial charge on any atom is -0.487 e. The molecular formula is C24H24N2O5. The van der Waals surface area contributed by atoms with Gasteiger partial charge >= 0.3 is 12.0 Å². The summed E-state index contributed by atoms with van der Waals surface area (Å²) < 4.78 is 11.0. The number of ketones is 1. The van der Waals surface area contributed by atoms with Crippen molar-refractivity contribution < 1.29 is 23.9 Å². The molecule has 1 aliphatic heterocycles. The van der Waals surface area contributed by atoms with Gasteiger partial charge in [-0.15, -0.1) is 0 Å². The number of nitrogens with one attached hydrogen (secondary N) is 1. The SMILES string of the molecule is COC(=O)C1=C(COc2ccc(C(C)=O)cc2)N(C2CC2)C(=O)NC1c1ccccc1. The Balaban J connectivity index is 1.71. The number of hydrogen-bond acceptors (Lipinski definition) is 5. The minimum absolute atomic E-state index is 0.0249. The Hall–Kier alpha value is -3.61. The lowest BCUT2D eigenvalue weighted by atomic mass is 9.94. The standard InChI is InChI=1S/C24H24N2O5/c1-15(27)16-8-12-19(13-9-16)31-14-20-21(23(28)30-2)22(17-6-4-3-5-7-17)25-24(29)26(20)18-10-11-18/h3-9,12-13,18,22H,10-11,14H2,1-2H3,(H,25,29). The zero-order valence-corrected chi connectivity index (χ0v) is 17.5. The molecule has 0 radical (unpaired) electrons. The summed E-state index contributed by atoms with van der Waals surface area (Å²) in [6, 6.07) is 15.2. The predicted molar refractivity (Wildman–Crippen MR) is 114 cm³/mol. The van der Waals surface area contributed by atoms with Crippen LogP contribution in [0.1, 0.15) is 41.7 Å². The third kappa shape index (κ3) is 4.30. The number of amides is 2. The van der Waals surface area contributed by atoms with Gasteiger partial charge in [-0.1, -0.05) is 30.3 Å². The number of hydrogen-bond donors (Lipinski definition) is 1. The Kier molecular flexibility index (Phi) is 5.75. The molecule has 1 fully saturated rings. The van der Waals surface area contributed by atoms with Crippen molar-refractivity contribution in [2.45, 2.75) is 31.8 Å². The van der Waals surface area contributed by atoms with Crippen molar-refractivity contribution in [1.29, 1.82) is 0 Å². The lowest BCUT2D eigenvalue weighted by Crippen LogP contribution is -2.50. The Labute approximate surface area is 180 Å². The number of methoxy groups -OCH3 is 1. The van der Waals surface area contributed by atoms with Crippen LogP contribution < -0.4 is 10.1 Å². The summed E-state index contributed by atoms with van der Waals surface area (Å²) in [4.78, 5) is 38.9. The number of esters is 1. The molecule has 1 N–H and O–H groups in total. The molecule has 7 nitrogen and oxygen atoms in total. The number of benzene rings is 2. The monoisotopic (exact) mass is 420 g/mol. The molecule has 1 aliphatic carbocycles. The van der Waals surface area contributed by atoms with Gasteiger partial charge in [-0.05, 0) is 49.6 Å². The fraction of sp³-hybridized carbons (Fsp3) is 0.292. The minimum atomic E-state index is -0.630. The Morgan fingerprint density at radius 1 is 1.06 bits per heavy atom. The van der Waals surface area contributed by atoms with Gasteiger partial charge in [0.2, 0.25) is 0 Å². The Morgan fingerprint density at radius 3 is 2.32 bits per heavy atom. The van der Waals surface area contributed by atoms with Crippen LogP contribution in [0.4, 0.5) is 4.79 Å². The van der Waals surface area contributed by atoms with Gasteiger partial charge in [0.05, 0.1) is 24.4 Å². The number of carbonyl (C=O) groups excluding carboxylic acids is 3. The Bertz CT molecular complexity index is 1030. The number of nitrogens with zero attached hydrogens (tertiary/aromatic N) is 1. The molecule has 160 valence electrons. The van der Waals surface area contributed by atoms with Crippen molar-refractivity contribution in [3.63, 3.8) is 0 Å². The van der Waals surface area contributed by atoms with E-state index in [1.54, 1.807) is 29.2 Å². The van der Waals surface area contributed by atoms with Crippen LogP contribution in [0.25, 0.3) is 0 Å². The summed E-state index contributed by atoms with van der Waals surface area (Å²) in [5.74, 6) is 0.00142. The van der Waals surface area contributed by atoms with E-state index in [9.17, 15) is 14.4 Å². The van der Waals surface area contributed by atoms with Crippen molar-refractivity contribution in [1.82, 2.24) is 10.2 Å². The fourth-order valence-corrected chi connectivity index (χ4v) is 3.73.